The van der Waals surface area contributed by atoms with Crippen LogP contribution >= 0.6 is 11.6 Å². The van der Waals surface area contributed by atoms with Crippen LogP contribution in [0.4, 0.5) is 0 Å². The van der Waals surface area contributed by atoms with E-state index in [1.807, 2.05) is 4.90 Å². The molecule has 0 aromatic heterocycles. The summed E-state index contributed by atoms with van der Waals surface area (Å²) in [6, 6.07) is 0. The van der Waals surface area contributed by atoms with Gasteiger partial charge in [0.25, 0.3) is 0 Å². The van der Waals surface area contributed by atoms with E-state index in [-0.39, 0.29) is 0 Å². The van der Waals surface area contributed by atoms with Crippen molar-refractivity contribution in [3.8, 4) is 0 Å². The minimum absolute atomic E-state index is 0.315. The Labute approximate surface area is 85.2 Å². The first-order valence-corrected chi connectivity index (χ1v) is 5.67. The predicted octanol–water partition coefficient (Wildman–Crippen LogP) is 2.26. The van der Waals surface area contributed by atoms with Gasteiger partial charge in [0.15, 0.2) is 0 Å². The Hall–Kier alpha value is -0.240. The van der Waals surface area contributed by atoms with Gasteiger partial charge in [0.2, 0.25) is 5.91 Å². The lowest BCUT2D eigenvalue weighted by Gasteiger charge is -2.31. The molecule has 1 fully saturated rings. The first-order chi connectivity index (χ1) is 6.29. The number of carbonyl (C=O) groups is 1. The minimum Gasteiger partial charge on any atom is -0.341 e. The molecule has 0 spiro atoms. The maximum Gasteiger partial charge on any atom is 0.225 e. The van der Waals surface area contributed by atoms with Crippen molar-refractivity contribution >= 4 is 17.5 Å². The van der Waals surface area contributed by atoms with Crippen LogP contribution in [0.15, 0.2) is 0 Å². The Morgan fingerprint density at radius 1 is 1.46 bits per heavy atom. The number of hydrogen-bond acceptors (Lipinski definition) is 1. The Bertz CT molecular complexity index is 162. The molecule has 13 heavy (non-hydrogen) atoms. The van der Waals surface area contributed by atoms with Crippen LogP contribution < -0.4 is 0 Å². The highest BCUT2D eigenvalue weighted by atomic mass is 35.5. The van der Waals surface area contributed by atoms with Crippen LogP contribution in [0.3, 0.4) is 0 Å². The molecule has 0 heterocycles. The number of halogens is 1. The lowest BCUT2D eigenvalue weighted by Crippen LogP contribution is -2.40. The number of carbonyl (C=O) groups excluding carboxylic acids is 1. The topological polar surface area (TPSA) is 20.3 Å². The van der Waals surface area contributed by atoms with Gasteiger partial charge in [-0.1, -0.05) is 13.3 Å². The Morgan fingerprint density at radius 3 is 2.54 bits per heavy atom. The molecule has 3 heteroatoms. The van der Waals surface area contributed by atoms with Gasteiger partial charge in [-0.2, -0.15) is 0 Å². The molecule has 1 saturated carbocycles. The summed E-state index contributed by atoms with van der Waals surface area (Å²) in [4.78, 5) is 13.7. The molecule has 1 amide bonds. The first kappa shape index (κ1) is 10.8. The van der Waals surface area contributed by atoms with Crippen LogP contribution in [-0.4, -0.2) is 29.8 Å². The van der Waals surface area contributed by atoms with Gasteiger partial charge in [0, 0.05) is 24.9 Å². The monoisotopic (exact) mass is 203 g/mol. The highest BCUT2D eigenvalue weighted by molar-refractivity contribution is 6.18. The molecule has 0 aromatic carbocycles. The SMILES string of the molecule is CCCN(CCCl)C(=O)C1CCC1. The highest BCUT2D eigenvalue weighted by Gasteiger charge is 2.28. The molecule has 0 bridgehead atoms. The van der Waals surface area contributed by atoms with E-state index < -0.39 is 0 Å². The molecule has 0 radical (unpaired) electrons. The fourth-order valence-electron chi connectivity index (χ4n) is 1.62. The molecule has 1 aliphatic rings. The Morgan fingerprint density at radius 2 is 2.15 bits per heavy atom. The third-order valence-electron chi connectivity index (χ3n) is 2.61. The van der Waals surface area contributed by atoms with Crippen LogP contribution in [0.2, 0.25) is 0 Å². The predicted molar refractivity (Wildman–Crippen MR) is 54.9 cm³/mol. The van der Waals surface area contributed by atoms with E-state index >= 15 is 0 Å². The van der Waals surface area contributed by atoms with Gasteiger partial charge in [-0.3, -0.25) is 4.79 Å². The standard InChI is InChI=1S/C10H18ClNO/c1-2-7-12(8-6-11)10(13)9-4-3-5-9/h9H,2-8H2,1H3. The summed E-state index contributed by atoms with van der Waals surface area (Å²) >= 11 is 5.65. The van der Waals surface area contributed by atoms with Crippen LogP contribution in [0, 0.1) is 5.92 Å². The normalized spacial score (nSPS) is 16.8. The van der Waals surface area contributed by atoms with Crippen molar-refractivity contribution in [2.45, 2.75) is 32.6 Å². The molecular weight excluding hydrogens is 186 g/mol. The first-order valence-electron chi connectivity index (χ1n) is 5.14. The van der Waals surface area contributed by atoms with Crippen molar-refractivity contribution in [1.82, 2.24) is 4.90 Å². The molecule has 0 aromatic rings. The smallest absolute Gasteiger partial charge is 0.225 e. The van der Waals surface area contributed by atoms with E-state index in [2.05, 4.69) is 6.92 Å². The van der Waals surface area contributed by atoms with Crippen molar-refractivity contribution < 1.29 is 4.79 Å². The summed E-state index contributed by atoms with van der Waals surface area (Å²) in [6.45, 7) is 3.67. The summed E-state index contributed by atoms with van der Waals surface area (Å²) in [7, 11) is 0. The second-order valence-electron chi connectivity index (χ2n) is 3.64. The van der Waals surface area contributed by atoms with Crippen molar-refractivity contribution in [3.05, 3.63) is 0 Å². The van der Waals surface area contributed by atoms with Crippen molar-refractivity contribution in [2.75, 3.05) is 19.0 Å². The molecule has 0 unspecified atom stereocenters. The lowest BCUT2D eigenvalue weighted by molar-refractivity contribution is -0.137. The maximum absolute atomic E-state index is 11.8. The van der Waals surface area contributed by atoms with Crippen LogP contribution in [0.25, 0.3) is 0 Å². The molecule has 0 saturated heterocycles. The molecule has 1 aliphatic carbocycles. The van der Waals surface area contributed by atoms with Gasteiger partial charge in [-0.25, -0.2) is 0 Å². The van der Waals surface area contributed by atoms with E-state index in [9.17, 15) is 4.79 Å². The van der Waals surface area contributed by atoms with Crippen molar-refractivity contribution in [2.24, 2.45) is 5.92 Å². The lowest BCUT2D eigenvalue weighted by atomic mass is 9.84. The van der Waals surface area contributed by atoms with Crippen LogP contribution in [0.1, 0.15) is 32.6 Å². The van der Waals surface area contributed by atoms with Gasteiger partial charge in [-0.15, -0.1) is 11.6 Å². The van der Waals surface area contributed by atoms with E-state index in [4.69, 9.17) is 11.6 Å². The van der Waals surface area contributed by atoms with Gasteiger partial charge in [0.1, 0.15) is 0 Å². The number of alkyl halides is 1. The highest BCUT2D eigenvalue weighted by Crippen LogP contribution is 2.28. The number of nitrogens with zero attached hydrogens (tertiary/aromatic N) is 1. The average molecular weight is 204 g/mol. The van der Waals surface area contributed by atoms with Gasteiger partial charge in [0.05, 0.1) is 0 Å². The fourth-order valence-corrected chi connectivity index (χ4v) is 1.82. The third-order valence-corrected chi connectivity index (χ3v) is 2.78. The molecule has 1 rings (SSSR count). The quantitative estimate of drug-likeness (QED) is 0.628. The van der Waals surface area contributed by atoms with Crippen molar-refractivity contribution in [3.63, 3.8) is 0 Å². The third kappa shape index (κ3) is 2.87. The van der Waals surface area contributed by atoms with E-state index in [0.29, 0.717) is 24.2 Å². The summed E-state index contributed by atoms with van der Waals surface area (Å²) in [5.74, 6) is 1.20. The second-order valence-corrected chi connectivity index (χ2v) is 4.02. The van der Waals surface area contributed by atoms with E-state index in [1.165, 1.54) is 6.42 Å². The van der Waals surface area contributed by atoms with Crippen LogP contribution in [0.5, 0.6) is 0 Å². The number of rotatable bonds is 5. The molecular formula is C10H18ClNO. The molecule has 2 nitrogen and oxygen atoms in total. The zero-order chi connectivity index (χ0) is 9.68. The molecule has 0 aliphatic heterocycles. The summed E-state index contributed by atoms with van der Waals surface area (Å²) < 4.78 is 0. The average Bonchev–Trinajstić information content (AvgIpc) is 2.01. The number of amides is 1. The molecule has 0 N–H and O–H groups in total. The Balaban J connectivity index is 2.37. The van der Waals surface area contributed by atoms with Gasteiger partial charge in [-0.05, 0) is 19.3 Å². The zero-order valence-corrected chi connectivity index (χ0v) is 9.02. The maximum atomic E-state index is 11.8. The second kappa shape index (κ2) is 5.48. The van der Waals surface area contributed by atoms with E-state index in [0.717, 1.165) is 25.8 Å². The number of hydrogen-bond donors (Lipinski definition) is 0. The van der Waals surface area contributed by atoms with E-state index in [1.54, 1.807) is 0 Å². The van der Waals surface area contributed by atoms with Gasteiger partial charge >= 0.3 is 0 Å². The van der Waals surface area contributed by atoms with Crippen molar-refractivity contribution in [1.29, 1.82) is 0 Å². The fraction of sp³-hybridized carbons (Fsp3) is 0.900. The Kier molecular flexibility index (Phi) is 4.57. The van der Waals surface area contributed by atoms with Crippen LogP contribution in [-0.2, 0) is 4.79 Å². The molecule has 0 atom stereocenters. The summed E-state index contributed by atoms with van der Waals surface area (Å²) in [5, 5.41) is 0. The minimum atomic E-state index is 0.315. The summed E-state index contributed by atoms with van der Waals surface area (Å²) in [6.07, 6.45) is 4.41. The van der Waals surface area contributed by atoms with Gasteiger partial charge < -0.3 is 4.90 Å². The summed E-state index contributed by atoms with van der Waals surface area (Å²) in [5.41, 5.74) is 0. The molecule has 76 valence electrons. The zero-order valence-electron chi connectivity index (χ0n) is 8.26. The largest absolute Gasteiger partial charge is 0.341 e.